The van der Waals surface area contributed by atoms with Gasteiger partial charge in [-0.2, -0.15) is 0 Å². The molecule has 0 heterocycles. The summed E-state index contributed by atoms with van der Waals surface area (Å²) in [6.45, 7) is -1.80. The van der Waals surface area contributed by atoms with E-state index in [0.717, 1.165) is 0 Å². The summed E-state index contributed by atoms with van der Waals surface area (Å²) in [5.74, 6) is -2.74. The van der Waals surface area contributed by atoms with E-state index < -0.39 is 50.9 Å². The Morgan fingerprint density at radius 3 is 1.94 bits per heavy atom. The van der Waals surface area contributed by atoms with Crippen molar-refractivity contribution in [2.24, 2.45) is 5.92 Å². The number of aliphatic hydroxyl groups excluding tert-OH is 4. The third-order valence-electron chi connectivity index (χ3n) is 1.95. The average molecular weight is 258 g/mol. The van der Waals surface area contributed by atoms with E-state index >= 15 is 0 Å². The van der Waals surface area contributed by atoms with Crippen molar-refractivity contribution in [1.29, 1.82) is 0 Å². The molecule has 0 bridgehead atoms. The summed E-state index contributed by atoms with van der Waals surface area (Å²) >= 11 is 0. The number of aliphatic hydroxyl groups is 4. The zero-order valence-corrected chi connectivity index (χ0v) is 9.19. The summed E-state index contributed by atoms with van der Waals surface area (Å²) in [6, 6.07) is 0. The fourth-order valence-electron chi connectivity index (χ4n) is 1.12. The molecule has 0 aliphatic carbocycles. The molecule has 0 saturated heterocycles. The molecule has 96 valence electrons. The van der Waals surface area contributed by atoms with Crippen LogP contribution >= 0.6 is 7.60 Å². The molecule has 0 aromatic rings. The van der Waals surface area contributed by atoms with Gasteiger partial charge in [-0.05, 0) is 0 Å². The Kier molecular flexibility index (Phi) is 6.27. The lowest BCUT2D eigenvalue weighted by molar-refractivity contribution is -0.136. The van der Waals surface area contributed by atoms with Crippen molar-refractivity contribution in [1.82, 2.24) is 0 Å². The Labute approximate surface area is 91.3 Å². The Hall–Kier alpha value is -0.340. The maximum atomic E-state index is 11.3. The van der Waals surface area contributed by atoms with Crippen LogP contribution in [-0.2, 0) is 9.36 Å². The molecule has 0 radical (unpaired) electrons. The molecule has 0 aromatic heterocycles. The molecule has 0 aliphatic rings. The lowest BCUT2D eigenvalue weighted by atomic mass is 9.96. The van der Waals surface area contributed by atoms with E-state index in [1.54, 1.807) is 0 Å². The first-order chi connectivity index (χ1) is 7.22. The third-order valence-corrected chi connectivity index (χ3v) is 2.82. The summed E-state index contributed by atoms with van der Waals surface area (Å²) in [6.07, 6.45) is -4.52. The molecule has 0 aromatic carbocycles. The van der Waals surface area contributed by atoms with Crippen LogP contribution in [-0.4, -0.2) is 67.6 Å². The van der Waals surface area contributed by atoms with Gasteiger partial charge in [-0.15, -0.1) is 0 Å². The highest BCUT2D eigenvalue weighted by molar-refractivity contribution is 7.51. The van der Waals surface area contributed by atoms with Crippen LogP contribution in [0.15, 0.2) is 0 Å². The second-order valence-corrected chi connectivity index (χ2v) is 5.00. The molecule has 0 rings (SSSR count). The van der Waals surface area contributed by atoms with Crippen LogP contribution in [0.25, 0.3) is 0 Å². The second kappa shape index (κ2) is 6.41. The molecule has 9 heteroatoms. The van der Waals surface area contributed by atoms with Crippen molar-refractivity contribution in [2.75, 3.05) is 19.4 Å². The summed E-state index contributed by atoms with van der Waals surface area (Å²) in [4.78, 5) is 28.6. The smallest absolute Gasteiger partial charge is 0.326 e. The Morgan fingerprint density at radius 1 is 1.12 bits per heavy atom. The standard InChI is InChI=1S/C7H15O8P/c8-1-5(10)4(3-16(13,14)15)7(12)6(11)2-9/h4-6,8-11H,1-3H2,(H2,13,14,15)/t4-,5-,6+/m1/s1. The highest BCUT2D eigenvalue weighted by Gasteiger charge is 2.35. The van der Waals surface area contributed by atoms with Crippen LogP contribution in [0, 0.1) is 5.92 Å². The van der Waals surface area contributed by atoms with Gasteiger partial charge in [0, 0.05) is 0 Å². The van der Waals surface area contributed by atoms with Crippen LogP contribution in [0.3, 0.4) is 0 Å². The molecule has 0 spiro atoms. The normalized spacial score (nSPS) is 17.9. The second-order valence-electron chi connectivity index (χ2n) is 3.30. The van der Waals surface area contributed by atoms with E-state index in [-0.39, 0.29) is 0 Å². The minimum Gasteiger partial charge on any atom is -0.394 e. The third kappa shape index (κ3) is 5.13. The molecule has 0 saturated carbocycles. The minimum absolute atomic E-state index is 0.880. The molecule has 16 heavy (non-hydrogen) atoms. The molecule has 0 unspecified atom stereocenters. The monoisotopic (exact) mass is 258 g/mol. The van der Waals surface area contributed by atoms with Gasteiger partial charge in [0.05, 0.1) is 31.4 Å². The Morgan fingerprint density at radius 2 is 1.62 bits per heavy atom. The zero-order valence-electron chi connectivity index (χ0n) is 8.30. The zero-order chi connectivity index (χ0) is 12.9. The number of hydrogen-bond acceptors (Lipinski definition) is 6. The van der Waals surface area contributed by atoms with Gasteiger partial charge in [0.1, 0.15) is 6.10 Å². The first-order valence-corrected chi connectivity index (χ1v) is 6.18. The van der Waals surface area contributed by atoms with Gasteiger partial charge < -0.3 is 30.2 Å². The van der Waals surface area contributed by atoms with E-state index in [9.17, 15) is 14.5 Å². The van der Waals surface area contributed by atoms with E-state index in [0.29, 0.717) is 0 Å². The average Bonchev–Trinajstić information content (AvgIpc) is 2.21. The topological polar surface area (TPSA) is 156 Å². The maximum Gasteiger partial charge on any atom is 0.326 e. The Balaban J connectivity index is 4.81. The van der Waals surface area contributed by atoms with Crippen LogP contribution in [0.4, 0.5) is 0 Å². The predicted octanol–water partition coefficient (Wildman–Crippen LogP) is -2.94. The van der Waals surface area contributed by atoms with E-state index in [1.807, 2.05) is 0 Å². The van der Waals surface area contributed by atoms with Crippen molar-refractivity contribution in [2.45, 2.75) is 12.2 Å². The van der Waals surface area contributed by atoms with Crippen molar-refractivity contribution >= 4 is 13.4 Å². The van der Waals surface area contributed by atoms with Crippen molar-refractivity contribution in [3.8, 4) is 0 Å². The number of ketones is 1. The highest BCUT2D eigenvalue weighted by Crippen LogP contribution is 2.38. The van der Waals surface area contributed by atoms with E-state index in [1.165, 1.54) is 0 Å². The van der Waals surface area contributed by atoms with Gasteiger partial charge in [0.25, 0.3) is 0 Å². The molecule has 3 atom stereocenters. The van der Waals surface area contributed by atoms with Crippen molar-refractivity contribution in [3.63, 3.8) is 0 Å². The number of carbonyl (C=O) groups excluding carboxylic acids is 1. The summed E-state index contributed by atoms with van der Waals surface area (Å²) in [7, 11) is -4.58. The predicted molar refractivity (Wildman–Crippen MR) is 51.6 cm³/mol. The van der Waals surface area contributed by atoms with Crippen molar-refractivity contribution in [3.05, 3.63) is 0 Å². The summed E-state index contributed by atoms with van der Waals surface area (Å²) in [5, 5.41) is 35.3. The highest BCUT2D eigenvalue weighted by atomic mass is 31.2. The quantitative estimate of drug-likeness (QED) is 0.265. The van der Waals surface area contributed by atoms with E-state index in [4.69, 9.17) is 25.1 Å². The number of carbonyl (C=O) groups is 1. The van der Waals surface area contributed by atoms with Crippen molar-refractivity contribution < 1.29 is 39.6 Å². The van der Waals surface area contributed by atoms with Gasteiger partial charge in [-0.25, -0.2) is 0 Å². The molecule has 6 N–H and O–H groups in total. The van der Waals surface area contributed by atoms with Gasteiger partial charge in [-0.3, -0.25) is 9.36 Å². The fraction of sp³-hybridized carbons (Fsp3) is 0.857. The minimum atomic E-state index is -4.58. The van der Waals surface area contributed by atoms with Gasteiger partial charge >= 0.3 is 7.60 Å². The number of rotatable bonds is 7. The van der Waals surface area contributed by atoms with Crippen LogP contribution in [0.1, 0.15) is 0 Å². The Bertz CT molecular complexity index is 274. The molecular formula is C7H15O8P. The first-order valence-electron chi connectivity index (χ1n) is 4.39. The van der Waals surface area contributed by atoms with E-state index in [2.05, 4.69) is 0 Å². The molecule has 0 aliphatic heterocycles. The molecular weight excluding hydrogens is 243 g/mol. The first kappa shape index (κ1) is 15.7. The lowest BCUT2D eigenvalue weighted by Gasteiger charge is -2.22. The molecule has 0 amide bonds. The van der Waals surface area contributed by atoms with Crippen LogP contribution in [0.2, 0.25) is 0 Å². The van der Waals surface area contributed by atoms with Gasteiger partial charge in [-0.1, -0.05) is 0 Å². The van der Waals surface area contributed by atoms with Gasteiger partial charge in [0.15, 0.2) is 5.78 Å². The van der Waals surface area contributed by atoms with Crippen LogP contribution in [0.5, 0.6) is 0 Å². The van der Waals surface area contributed by atoms with Crippen LogP contribution < -0.4 is 0 Å². The largest absolute Gasteiger partial charge is 0.394 e. The SMILES string of the molecule is O=C([C@@H](O)CO)[C@H](CP(=O)(O)O)[C@H](O)CO. The maximum absolute atomic E-state index is 11.3. The molecule has 0 fully saturated rings. The van der Waals surface area contributed by atoms with Gasteiger partial charge in [0.2, 0.25) is 0 Å². The lowest BCUT2D eigenvalue weighted by Crippen LogP contribution is -2.41. The summed E-state index contributed by atoms with van der Waals surface area (Å²) < 4.78 is 10.7. The summed E-state index contributed by atoms with van der Waals surface area (Å²) in [5.41, 5.74) is 0. The number of hydrogen-bond donors (Lipinski definition) is 6. The number of Topliss-reactive ketones (excluding diaryl/α,β-unsaturated/α-hetero) is 1. The molecule has 8 nitrogen and oxygen atoms in total. The fourth-order valence-corrected chi connectivity index (χ4v) is 2.06.